The van der Waals surface area contributed by atoms with Crippen LogP contribution in [-0.4, -0.2) is 46.8 Å². The lowest BCUT2D eigenvalue weighted by atomic mass is 10.1. The number of hydrogen-bond acceptors (Lipinski definition) is 5. The molecular formula is C16H28O4S. The molecule has 0 atom stereocenters. The molecule has 5 heteroatoms. The average Bonchev–Trinajstić information content (AvgIpc) is 2.95. The molecule has 0 N–H and O–H groups in total. The van der Waals surface area contributed by atoms with Gasteiger partial charge in [-0.3, -0.25) is 0 Å². The Morgan fingerprint density at radius 1 is 0.952 bits per heavy atom. The van der Waals surface area contributed by atoms with Gasteiger partial charge in [0.05, 0.1) is 45.2 Å². The number of ether oxygens (including phenoxy) is 4. The molecule has 1 heterocycles. The fourth-order valence-corrected chi connectivity index (χ4v) is 2.79. The summed E-state index contributed by atoms with van der Waals surface area (Å²) < 4.78 is 21.6. The van der Waals surface area contributed by atoms with Crippen molar-refractivity contribution in [3.63, 3.8) is 0 Å². The van der Waals surface area contributed by atoms with Crippen molar-refractivity contribution in [2.24, 2.45) is 0 Å². The van der Waals surface area contributed by atoms with Gasteiger partial charge in [0, 0.05) is 16.9 Å². The summed E-state index contributed by atoms with van der Waals surface area (Å²) in [5, 5.41) is 0. The normalized spacial score (nSPS) is 12.0. The van der Waals surface area contributed by atoms with Crippen molar-refractivity contribution in [1.29, 1.82) is 0 Å². The van der Waals surface area contributed by atoms with Crippen LogP contribution in [0.2, 0.25) is 0 Å². The quantitative estimate of drug-likeness (QED) is 0.555. The predicted octanol–water partition coefficient (Wildman–Crippen LogP) is 3.24. The second kappa shape index (κ2) is 10.3. The van der Waals surface area contributed by atoms with Crippen molar-refractivity contribution in [3.05, 3.63) is 21.9 Å². The molecule has 0 aliphatic rings. The van der Waals surface area contributed by atoms with E-state index in [0.717, 1.165) is 6.42 Å². The highest BCUT2D eigenvalue weighted by atomic mass is 32.1. The first-order chi connectivity index (χ1) is 10.1. The summed E-state index contributed by atoms with van der Waals surface area (Å²) >= 11 is 1.82. The molecule has 0 aromatic carbocycles. The van der Waals surface area contributed by atoms with Gasteiger partial charge in [-0.2, -0.15) is 0 Å². The predicted molar refractivity (Wildman–Crippen MR) is 86.2 cm³/mol. The molecule has 0 aliphatic carbocycles. The maximum Gasteiger partial charge on any atom is 0.0967 e. The van der Waals surface area contributed by atoms with Crippen LogP contribution in [0, 0.1) is 0 Å². The summed E-state index contributed by atoms with van der Waals surface area (Å²) in [5.74, 6) is 0. The summed E-state index contributed by atoms with van der Waals surface area (Å²) in [7, 11) is 1.66. The van der Waals surface area contributed by atoms with Crippen LogP contribution in [0.25, 0.3) is 0 Å². The van der Waals surface area contributed by atoms with Crippen LogP contribution in [0.1, 0.15) is 30.5 Å². The third kappa shape index (κ3) is 7.38. The SMILES string of the molecule is CCc1ccc(C(C)(C)OCCOCCOCCOC)s1. The summed E-state index contributed by atoms with van der Waals surface area (Å²) in [6.45, 7) is 9.97. The van der Waals surface area contributed by atoms with E-state index in [9.17, 15) is 0 Å². The first kappa shape index (κ1) is 18.6. The van der Waals surface area contributed by atoms with Crippen molar-refractivity contribution in [2.45, 2.75) is 32.8 Å². The Labute approximate surface area is 132 Å². The molecule has 1 aromatic heterocycles. The van der Waals surface area contributed by atoms with Gasteiger partial charge in [0.2, 0.25) is 0 Å². The van der Waals surface area contributed by atoms with Gasteiger partial charge in [-0.1, -0.05) is 6.92 Å². The van der Waals surface area contributed by atoms with Gasteiger partial charge in [-0.25, -0.2) is 0 Å². The van der Waals surface area contributed by atoms with E-state index in [1.54, 1.807) is 7.11 Å². The minimum atomic E-state index is -0.254. The molecule has 1 rings (SSSR count). The van der Waals surface area contributed by atoms with Crippen LogP contribution in [0.4, 0.5) is 0 Å². The molecule has 0 radical (unpaired) electrons. The molecule has 0 bridgehead atoms. The number of rotatable bonds is 12. The zero-order valence-electron chi connectivity index (χ0n) is 13.6. The van der Waals surface area contributed by atoms with Gasteiger partial charge < -0.3 is 18.9 Å². The Hall–Kier alpha value is -0.460. The lowest BCUT2D eigenvalue weighted by Gasteiger charge is -2.24. The molecule has 0 aliphatic heterocycles. The molecular weight excluding hydrogens is 288 g/mol. The summed E-state index contributed by atoms with van der Waals surface area (Å²) in [6.07, 6.45) is 1.08. The molecule has 0 fully saturated rings. The number of aryl methyl sites for hydroxylation is 1. The van der Waals surface area contributed by atoms with Crippen LogP contribution in [-0.2, 0) is 31.0 Å². The maximum absolute atomic E-state index is 5.94. The van der Waals surface area contributed by atoms with Crippen LogP contribution >= 0.6 is 11.3 Å². The zero-order valence-corrected chi connectivity index (χ0v) is 14.5. The van der Waals surface area contributed by atoms with Gasteiger partial charge in [0.15, 0.2) is 0 Å². The Kier molecular flexibility index (Phi) is 9.11. The Balaban J connectivity index is 2.11. The first-order valence-corrected chi connectivity index (χ1v) is 8.29. The van der Waals surface area contributed by atoms with Crippen molar-refractivity contribution < 1.29 is 18.9 Å². The number of thiophene rings is 1. The smallest absolute Gasteiger partial charge is 0.0967 e. The van der Waals surface area contributed by atoms with E-state index in [-0.39, 0.29) is 5.60 Å². The standard InChI is InChI=1S/C16H28O4S/c1-5-14-6-7-15(21-14)16(2,3)20-13-12-19-11-10-18-9-8-17-4/h6-7H,5,8-13H2,1-4H3. The van der Waals surface area contributed by atoms with Crippen LogP contribution in [0.15, 0.2) is 12.1 Å². The lowest BCUT2D eigenvalue weighted by molar-refractivity contribution is -0.0549. The molecule has 0 saturated carbocycles. The molecule has 0 unspecified atom stereocenters. The van der Waals surface area contributed by atoms with Crippen LogP contribution < -0.4 is 0 Å². The van der Waals surface area contributed by atoms with Gasteiger partial charge in [-0.15, -0.1) is 11.3 Å². The van der Waals surface area contributed by atoms with Crippen LogP contribution in [0.5, 0.6) is 0 Å². The van der Waals surface area contributed by atoms with Gasteiger partial charge in [0.1, 0.15) is 0 Å². The average molecular weight is 316 g/mol. The molecule has 0 spiro atoms. The summed E-state index contributed by atoms with van der Waals surface area (Å²) in [4.78, 5) is 2.66. The van der Waals surface area contributed by atoms with E-state index in [2.05, 4.69) is 32.9 Å². The minimum Gasteiger partial charge on any atom is -0.382 e. The highest BCUT2D eigenvalue weighted by Gasteiger charge is 2.22. The highest BCUT2D eigenvalue weighted by Crippen LogP contribution is 2.31. The van der Waals surface area contributed by atoms with E-state index < -0.39 is 0 Å². The largest absolute Gasteiger partial charge is 0.382 e. The zero-order chi connectivity index (χ0) is 15.6. The number of hydrogen-bond donors (Lipinski definition) is 0. The van der Waals surface area contributed by atoms with E-state index in [0.29, 0.717) is 39.6 Å². The first-order valence-electron chi connectivity index (χ1n) is 7.47. The van der Waals surface area contributed by atoms with Crippen molar-refractivity contribution in [1.82, 2.24) is 0 Å². The van der Waals surface area contributed by atoms with Crippen molar-refractivity contribution in [3.8, 4) is 0 Å². The van der Waals surface area contributed by atoms with E-state index in [1.807, 2.05) is 11.3 Å². The lowest BCUT2D eigenvalue weighted by Crippen LogP contribution is -2.23. The van der Waals surface area contributed by atoms with Gasteiger partial charge in [-0.05, 0) is 32.4 Å². The third-order valence-corrected chi connectivity index (χ3v) is 4.63. The maximum atomic E-state index is 5.94. The summed E-state index contributed by atoms with van der Waals surface area (Å²) in [6, 6.07) is 4.34. The van der Waals surface area contributed by atoms with Crippen LogP contribution in [0.3, 0.4) is 0 Å². The summed E-state index contributed by atoms with van der Waals surface area (Å²) in [5.41, 5.74) is -0.254. The number of methoxy groups -OCH3 is 1. The second-order valence-electron chi connectivity index (χ2n) is 5.20. The Bertz CT molecular complexity index is 376. The fraction of sp³-hybridized carbons (Fsp3) is 0.750. The molecule has 0 amide bonds. The molecule has 122 valence electrons. The molecule has 4 nitrogen and oxygen atoms in total. The van der Waals surface area contributed by atoms with Crippen molar-refractivity contribution >= 4 is 11.3 Å². The minimum absolute atomic E-state index is 0.254. The Morgan fingerprint density at radius 3 is 2.14 bits per heavy atom. The molecule has 0 saturated heterocycles. The van der Waals surface area contributed by atoms with Gasteiger partial charge >= 0.3 is 0 Å². The second-order valence-corrected chi connectivity index (χ2v) is 6.36. The van der Waals surface area contributed by atoms with E-state index in [4.69, 9.17) is 18.9 Å². The van der Waals surface area contributed by atoms with Gasteiger partial charge in [0.25, 0.3) is 0 Å². The van der Waals surface area contributed by atoms with E-state index in [1.165, 1.54) is 9.75 Å². The third-order valence-electron chi connectivity index (χ3n) is 3.10. The molecule has 21 heavy (non-hydrogen) atoms. The molecule has 1 aromatic rings. The topological polar surface area (TPSA) is 36.9 Å². The fourth-order valence-electron chi connectivity index (χ4n) is 1.78. The Morgan fingerprint density at radius 2 is 1.57 bits per heavy atom. The monoisotopic (exact) mass is 316 g/mol. The van der Waals surface area contributed by atoms with Crippen molar-refractivity contribution in [2.75, 3.05) is 46.8 Å². The van der Waals surface area contributed by atoms with E-state index >= 15 is 0 Å². The highest BCUT2D eigenvalue weighted by molar-refractivity contribution is 7.12.